The SMILES string of the molecule is Cc1ccc(Oc2nnc(-c3ccc(C)c(C)c3)c3ccccc23)cc1C. The molecule has 0 aliphatic rings. The molecule has 0 saturated heterocycles. The first-order valence-corrected chi connectivity index (χ1v) is 9.11. The third kappa shape index (κ3) is 3.28. The molecule has 0 radical (unpaired) electrons. The molecule has 0 aliphatic heterocycles. The van der Waals surface area contributed by atoms with Crippen LogP contribution in [0.1, 0.15) is 22.3 Å². The number of aromatic nitrogens is 2. The molecule has 0 saturated carbocycles. The molecule has 0 aliphatic carbocycles. The first-order valence-electron chi connectivity index (χ1n) is 9.11. The Morgan fingerprint density at radius 3 is 2.00 bits per heavy atom. The molecular formula is C24H22N2O. The molecule has 0 atom stereocenters. The van der Waals surface area contributed by atoms with Crippen LogP contribution in [-0.2, 0) is 0 Å². The molecule has 3 heteroatoms. The third-order valence-electron chi connectivity index (χ3n) is 5.13. The summed E-state index contributed by atoms with van der Waals surface area (Å²) in [5.41, 5.74) is 6.89. The van der Waals surface area contributed by atoms with E-state index in [1.807, 2.05) is 30.3 Å². The monoisotopic (exact) mass is 354 g/mol. The fraction of sp³-hybridized carbons (Fsp3) is 0.167. The minimum absolute atomic E-state index is 0.529. The van der Waals surface area contributed by atoms with Crippen LogP contribution in [0.2, 0.25) is 0 Å². The van der Waals surface area contributed by atoms with Crippen LogP contribution < -0.4 is 4.74 Å². The summed E-state index contributed by atoms with van der Waals surface area (Å²) < 4.78 is 6.09. The molecule has 0 amide bonds. The molecule has 134 valence electrons. The summed E-state index contributed by atoms with van der Waals surface area (Å²) >= 11 is 0. The van der Waals surface area contributed by atoms with Gasteiger partial charge in [0.1, 0.15) is 11.4 Å². The molecule has 1 aromatic heterocycles. The van der Waals surface area contributed by atoms with Gasteiger partial charge in [-0.3, -0.25) is 0 Å². The van der Waals surface area contributed by atoms with E-state index in [2.05, 4.69) is 68.2 Å². The van der Waals surface area contributed by atoms with Gasteiger partial charge in [-0.05, 0) is 74.2 Å². The van der Waals surface area contributed by atoms with Crippen LogP contribution in [0.3, 0.4) is 0 Å². The van der Waals surface area contributed by atoms with Crippen molar-refractivity contribution in [2.75, 3.05) is 0 Å². The van der Waals surface area contributed by atoms with Gasteiger partial charge in [0, 0.05) is 16.3 Å². The van der Waals surface area contributed by atoms with E-state index in [1.54, 1.807) is 0 Å². The maximum Gasteiger partial charge on any atom is 0.246 e. The standard InChI is InChI=1S/C24H22N2O/c1-15-9-11-19(13-17(15)3)23-21-7-5-6-8-22(21)24(26-25-23)27-20-12-10-16(2)18(4)14-20/h5-14H,1-4H3. The Labute approximate surface area is 159 Å². The maximum absolute atomic E-state index is 6.09. The Morgan fingerprint density at radius 1 is 0.630 bits per heavy atom. The molecule has 4 rings (SSSR count). The average molecular weight is 354 g/mol. The lowest BCUT2D eigenvalue weighted by Gasteiger charge is -2.12. The molecule has 27 heavy (non-hydrogen) atoms. The van der Waals surface area contributed by atoms with Crippen LogP contribution in [-0.4, -0.2) is 10.2 Å². The summed E-state index contributed by atoms with van der Waals surface area (Å²) in [7, 11) is 0. The number of benzene rings is 3. The lowest BCUT2D eigenvalue weighted by Crippen LogP contribution is -1.97. The zero-order valence-corrected chi connectivity index (χ0v) is 16.1. The second-order valence-electron chi connectivity index (χ2n) is 7.05. The highest BCUT2D eigenvalue weighted by Crippen LogP contribution is 2.33. The topological polar surface area (TPSA) is 35.0 Å². The van der Waals surface area contributed by atoms with Crippen molar-refractivity contribution in [3.63, 3.8) is 0 Å². The van der Waals surface area contributed by atoms with Crippen LogP contribution in [0.25, 0.3) is 22.0 Å². The number of rotatable bonds is 3. The fourth-order valence-electron chi connectivity index (χ4n) is 3.15. The first kappa shape index (κ1) is 17.2. The van der Waals surface area contributed by atoms with Crippen molar-refractivity contribution >= 4 is 10.8 Å². The Hall–Kier alpha value is -3.20. The lowest BCUT2D eigenvalue weighted by molar-refractivity contribution is 0.461. The molecule has 0 unspecified atom stereocenters. The fourth-order valence-corrected chi connectivity index (χ4v) is 3.15. The Kier molecular flexibility index (Phi) is 4.36. The molecule has 4 aromatic rings. The van der Waals surface area contributed by atoms with Crippen LogP contribution in [0.15, 0.2) is 60.7 Å². The molecule has 0 N–H and O–H groups in total. The van der Waals surface area contributed by atoms with Gasteiger partial charge in [0.15, 0.2) is 0 Å². The molecule has 1 heterocycles. The summed E-state index contributed by atoms with van der Waals surface area (Å²) in [6.07, 6.45) is 0. The first-order chi connectivity index (χ1) is 13.0. The van der Waals surface area contributed by atoms with Crippen molar-refractivity contribution in [3.05, 3.63) is 82.9 Å². The minimum atomic E-state index is 0.529. The van der Waals surface area contributed by atoms with Gasteiger partial charge in [0.05, 0.1) is 0 Å². The quantitative estimate of drug-likeness (QED) is 0.431. The second kappa shape index (κ2) is 6.84. The zero-order chi connectivity index (χ0) is 19.0. The van der Waals surface area contributed by atoms with Gasteiger partial charge in [0.2, 0.25) is 5.88 Å². The van der Waals surface area contributed by atoms with E-state index in [4.69, 9.17) is 4.74 Å². The van der Waals surface area contributed by atoms with Gasteiger partial charge in [0.25, 0.3) is 0 Å². The van der Waals surface area contributed by atoms with E-state index < -0.39 is 0 Å². The summed E-state index contributed by atoms with van der Waals surface area (Å²) in [6.45, 7) is 8.40. The zero-order valence-electron chi connectivity index (χ0n) is 16.1. The molecule has 3 nitrogen and oxygen atoms in total. The van der Waals surface area contributed by atoms with Crippen molar-refractivity contribution in [3.8, 4) is 22.9 Å². The molecule has 3 aromatic carbocycles. The summed E-state index contributed by atoms with van der Waals surface area (Å²) in [5, 5.41) is 10.9. The van der Waals surface area contributed by atoms with Crippen LogP contribution in [0, 0.1) is 27.7 Å². The van der Waals surface area contributed by atoms with Gasteiger partial charge in [-0.1, -0.05) is 36.4 Å². The van der Waals surface area contributed by atoms with Crippen molar-refractivity contribution < 1.29 is 4.74 Å². The van der Waals surface area contributed by atoms with E-state index in [-0.39, 0.29) is 0 Å². The largest absolute Gasteiger partial charge is 0.437 e. The van der Waals surface area contributed by atoms with Gasteiger partial charge < -0.3 is 4.74 Å². The minimum Gasteiger partial charge on any atom is -0.437 e. The number of ether oxygens (including phenoxy) is 1. The number of nitrogens with zero attached hydrogens (tertiary/aromatic N) is 2. The highest BCUT2D eigenvalue weighted by atomic mass is 16.5. The van der Waals surface area contributed by atoms with Gasteiger partial charge >= 0.3 is 0 Å². The summed E-state index contributed by atoms with van der Waals surface area (Å²) in [5.74, 6) is 1.30. The molecule has 0 spiro atoms. The number of hydrogen-bond donors (Lipinski definition) is 0. The van der Waals surface area contributed by atoms with E-state index in [9.17, 15) is 0 Å². The third-order valence-corrected chi connectivity index (χ3v) is 5.13. The second-order valence-corrected chi connectivity index (χ2v) is 7.05. The lowest BCUT2D eigenvalue weighted by atomic mass is 10.0. The Bertz CT molecular complexity index is 1150. The Balaban J connectivity index is 1.82. The van der Waals surface area contributed by atoms with E-state index in [0.717, 1.165) is 27.8 Å². The number of hydrogen-bond acceptors (Lipinski definition) is 3. The number of fused-ring (bicyclic) bond motifs is 1. The van der Waals surface area contributed by atoms with Crippen molar-refractivity contribution in [1.29, 1.82) is 0 Å². The van der Waals surface area contributed by atoms with Crippen molar-refractivity contribution in [1.82, 2.24) is 10.2 Å². The molecule has 0 bridgehead atoms. The van der Waals surface area contributed by atoms with E-state index >= 15 is 0 Å². The average Bonchev–Trinajstić information content (AvgIpc) is 2.67. The van der Waals surface area contributed by atoms with Crippen molar-refractivity contribution in [2.45, 2.75) is 27.7 Å². The predicted molar refractivity (Wildman–Crippen MR) is 110 cm³/mol. The van der Waals surface area contributed by atoms with Gasteiger partial charge in [-0.15, -0.1) is 10.2 Å². The maximum atomic E-state index is 6.09. The van der Waals surface area contributed by atoms with Crippen LogP contribution >= 0.6 is 0 Å². The smallest absolute Gasteiger partial charge is 0.246 e. The summed E-state index contributed by atoms with van der Waals surface area (Å²) in [6, 6.07) is 20.6. The van der Waals surface area contributed by atoms with Crippen LogP contribution in [0.4, 0.5) is 0 Å². The van der Waals surface area contributed by atoms with E-state index in [0.29, 0.717) is 5.88 Å². The Morgan fingerprint density at radius 2 is 1.30 bits per heavy atom. The highest BCUT2D eigenvalue weighted by molar-refractivity contribution is 5.97. The normalized spacial score (nSPS) is 11.0. The molecular weight excluding hydrogens is 332 g/mol. The van der Waals surface area contributed by atoms with Crippen LogP contribution in [0.5, 0.6) is 11.6 Å². The van der Waals surface area contributed by atoms with Gasteiger partial charge in [-0.2, -0.15) is 0 Å². The number of aryl methyl sites for hydroxylation is 4. The van der Waals surface area contributed by atoms with Gasteiger partial charge in [-0.25, -0.2) is 0 Å². The summed E-state index contributed by atoms with van der Waals surface area (Å²) in [4.78, 5) is 0. The predicted octanol–water partition coefficient (Wildman–Crippen LogP) is 6.32. The van der Waals surface area contributed by atoms with Crippen molar-refractivity contribution in [2.24, 2.45) is 0 Å². The highest BCUT2D eigenvalue weighted by Gasteiger charge is 2.13. The molecule has 0 fully saturated rings. The van der Waals surface area contributed by atoms with E-state index in [1.165, 1.54) is 22.3 Å².